The predicted molar refractivity (Wildman–Crippen MR) is 91.0 cm³/mol. The van der Waals surface area contributed by atoms with Gasteiger partial charge in [0.05, 0.1) is 0 Å². The van der Waals surface area contributed by atoms with Crippen molar-refractivity contribution in [1.82, 2.24) is 5.32 Å². The van der Waals surface area contributed by atoms with Crippen LogP contribution in [-0.4, -0.2) is 12.1 Å². The largest absolute Gasteiger partial charge is 0.312 e. The Kier molecular flexibility index (Phi) is 6.78. The molecule has 0 aromatic rings. The molecule has 3 atom stereocenters. The summed E-state index contributed by atoms with van der Waals surface area (Å²) in [5.74, 6) is 3.54. The highest BCUT2D eigenvalue weighted by atomic mass is 14.9. The molecule has 0 spiro atoms. The number of hydrogen-bond acceptors (Lipinski definition) is 1. The summed E-state index contributed by atoms with van der Waals surface area (Å²) in [4.78, 5) is 0. The van der Waals surface area contributed by atoms with Crippen molar-refractivity contribution in [3.63, 3.8) is 0 Å². The third-order valence-corrected chi connectivity index (χ3v) is 4.96. The first-order valence-corrected chi connectivity index (χ1v) is 8.58. The molecular weight excluding hydrogens is 242 g/mol. The van der Waals surface area contributed by atoms with Gasteiger partial charge in [0.1, 0.15) is 0 Å². The summed E-state index contributed by atoms with van der Waals surface area (Å²) in [5.41, 5.74) is 1.59. The van der Waals surface area contributed by atoms with Gasteiger partial charge in [-0.2, -0.15) is 0 Å². The molecule has 20 heavy (non-hydrogen) atoms. The molecule has 1 nitrogen and oxygen atoms in total. The van der Waals surface area contributed by atoms with Crippen molar-refractivity contribution in [2.24, 2.45) is 23.7 Å². The number of allylic oxidation sites excluding steroid dienone is 1. The summed E-state index contributed by atoms with van der Waals surface area (Å²) in [6.07, 6.45) is 6.82. The summed E-state index contributed by atoms with van der Waals surface area (Å²) in [7, 11) is 0. The van der Waals surface area contributed by atoms with Crippen LogP contribution in [0.1, 0.15) is 73.6 Å². The van der Waals surface area contributed by atoms with E-state index in [-0.39, 0.29) is 5.54 Å². The van der Waals surface area contributed by atoms with Crippen molar-refractivity contribution in [1.29, 1.82) is 0 Å². The van der Waals surface area contributed by atoms with Crippen molar-refractivity contribution >= 4 is 0 Å². The van der Waals surface area contributed by atoms with Gasteiger partial charge in [-0.1, -0.05) is 19.4 Å². The van der Waals surface area contributed by atoms with Crippen molar-refractivity contribution in [3.05, 3.63) is 12.2 Å². The van der Waals surface area contributed by atoms with Gasteiger partial charge < -0.3 is 5.32 Å². The third kappa shape index (κ3) is 6.43. The molecule has 1 aliphatic rings. The van der Waals surface area contributed by atoms with Gasteiger partial charge in [0.15, 0.2) is 0 Å². The fourth-order valence-electron chi connectivity index (χ4n) is 3.46. The van der Waals surface area contributed by atoms with Gasteiger partial charge in [-0.15, -0.1) is 6.58 Å². The Hall–Kier alpha value is -0.300. The van der Waals surface area contributed by atoms with Crippen LogP contribution in [0.4, 0.5) is 0 Å². The maximum atomic E-state index is 4.09. The first kappa shape index (κ1) is 17.8. The molecule has 0 bridgehead atoms. The summed E-state index contributed by atoms with van der Waals surface area (Å²) >= 11 is 0. The van der Waals surface area contributed by atoms with Crippen LogP contribution in [0.2, 0.25) is 0 Å². The smallest absolute Gasteiger partial charge is 0.00966 e. The molecule has 0 heterocycles. The molecule has 1 N–H and O–H groups in total. The highest BCUT2D eigenvalue weighted by molar-refractivity contribution is 4.91. The Labute approximate surface area is 127 Å². The molecule has 0 amide bonds. The Morgan fingerprint density at radius 1 is 1.20 bits per heavy atom. The minimum atomic E-state index is 0.244. The zero-order valence-electron chi connectivity index (χ0n) is 14.8. The minimum absolute atomic E-state index is 0.244. The molecule has 118 valence electrons. The first-order chi connectivity index (χ1) is 9.19. The second-order valence-electron chi connectivity index (χ2n) is 8.46. The van der Waals surface area contributed by atoms with Crippen molar-refractivity contribution in [2.45, 2.75) is 79.2 Å². The number of rotatable bonds is 6. The summed E-state index contributed by atoms with van der Waals surface area (Å²) in [5, 5.41) is 3.73. The van der Waals surface area contributed by atoms with Crippen LogP contribution >= 0.6 is 0 Å². The second-order valence-corrected chi connectivity index (χ2v) is 8.46. The summed E-state index contributed by atoms with van der Waals surface area (Å²) in [6, 6.07) is 0. The topological polar surface area (TPSA) is 12.0 Å². The third-order valence-electron chi connectivity index (χ3n) is 4.96. The van der Waals surface area contributed by atoms with E-state index in [2.05, 4.69) is 53.4 Å². The highest BCUT2D eigenvalue weighted by Crippen LogP contribution is 2.40. The van der Waals surface area contributed by atoms with E-state index in [4.69, 9.17) is 0 Å². The standard InChI is InChI=1S/C19H37N/c1-14(2)8-9-17-12-16(15(3)4)10-11-18(17)13-20-19(5,6)7/h15-18,20H,1,8-13H2,2-7H3. The zero-order valence-corrected chi connectivity index (χ0v) is 14.8. The molecule has 0 aromatic heterocycles. The molecule has 0 saturated heterocycles. The zero-order chi connectivity index (χ0) is 15.3. The maximum Gasteiger partial charge on any atom is 0.00966 e. The van der Waals surface area contributed by atoms with Crippen LogP contribution in [0.5, 0.6) is 0 Å². The highest BCUT2D eigenvalue weighted by Gasteiger charge is 2.31. The quantitative estimate of drug-likeness (QED) is 0.640. The molecule has 1 aliphatic carbocycles. The van der Waals surface area contributed by atoms with Gasteiger partial charge in [-0.25, -0.2) is 0 Å². The molecule has 1 fully saturated rings. The van der Waals surface area contributed by atoms with Crippen molar-refractivity contribution in [2.75, 3.05) is 6.54 Å². The Morgan fingerprint density at radius 2 is 1.85 bits per heavy atom. The second kappa shape index (κ2) is 7.64. The van der Waals surface area contributed by atoms with Crippen LogP contribution in [0.3, 0.4) is 0 Å². The molecule has 1 rings (SSSR count). The molecule has 0 aliphatic heterocycles. The predicted octanol–water partition coefficient (Wildman–Crippen LogP) is 5.42. The van der Waals surface area contributed by atoms with E-state index in [1.54, 1.807) is 0 Å². The molecule has 1 saturated carbocycles. The lowest BCUT2D eigenvalue weighted by atomic mass is 9.69. The van der Waals surface area contributed by atoms with Gasteiger partial charge in [-0.05, 0) is 90.0 Å². The van der Waals surface area contributed by atoms with Gasteiger partial charge in [0, 0.05) is 5.54 Å². The Balaban J connectivity index is 2.58. The average Bonchev–Trinajstić information content (AvgIpc) is 2.33. The molecular formula is C19H37N. The van der Waals surface area contributed by atoms with E-state index in [9.17, 15) is 0 Å². The lowest BCUT2D eigenvalue weighted by molar-refractivity contribution is 0.132. The number of nitrogens with one attached hydrogen (secondary N) is 1. The summed E-state index contributed by atoms with van der Waals surface area (Å²) in [6.45, 7) is 19.1. The molecule has 0 aromatic carbocycles. The summed E-state index contributed by atoms with van der Waals surface area (Å²) < 4.78 is 0. The normalized spacial score (nSPS) is 27.9. The minimum Gasteiger partial charge on any atom is -0.312 e. The van der Waals surface area contributed by atoms with Crippen LogP contribution in [0, 0.1) is 23.7 Å². The maximum absolute atomic E-state index is 4.09. The lowest BCUT2D eigenvalue weighted by Crippen LogP contribution is -2.42. The van der Waals surface area contributed by atoms with Gasteiger partial charge in [0.25, 0.3) is 0 Å². The fourth-order valence-corrected chi connectivity index (χ4v) is 3.46. The average molecular weight is 280 g/mol. The van der Waals surface area contributed by atoms with Gasteiger partial charge in [-0.3, -0.25) is 0 Å². The number of hydrogen-bond donors (Lipinski definition) is 1. The van der Waals surface area contributed by atoms with Crippen LogP contribution in [0.25, 0.3) is 0 Å². The lowest BCUT2D eigenvalue weighted by Gasteiger charge is -2.39. The Bertz CT molecular complexity index is 297. The fraction of sp³-hybridized carbons (Fsp3) is 0.895. The van der Waals surface area contributed by atoms with E-state index in [1.165, 1.54) is 44.2 Å². The molecule has 1 heteroatoms. The van der Waals surface area contributed by atoms with Crippen LogP contribution < -0.4 is 5.32 Å². The molecule has 3 unspecified atom stereocenters. The van der Waals surface area contributed by atoms with E-state index in [0.29, 0.717) is 0 Å². The van der Waals surface area contributed by atoms with Crippen molar-refractivity contribution < 1.29 is 0 Å². The van der Waals surface area contributed by atoms with Crippen LogP contribution in [-0.2, 0) is 0 Å². The van der Waals surface area contributed by atoms with Gasteiger partial charge in [0.2, 0.25) is 0 Å². The first-order valence-electron chi connectivity index (χ1n) is 8.58. The van der Waals surface area contributed by atoms with Crippen LogP contribution in [0.15, 0.2) is 12.2 Å². The van der Waals surface area contributed by atoms with E-state index < -0.39 is 0 Å². The monoisotopic (exact) mass is 279 g/mol. The van der Waals surface area contributed by atoms with Crippen molar-refractivity contribution in [3.8, 4) is 0 Å². The Morgan fingerprint density at radius 3 is 2.35 bits per heavy atom. The van der Waals surface area contributed by atoms with E-state index in [0.717, 1.165) is 23.7 Å². The van der Waals surface area contributed by atoms with E-state index >= 15 is 0 Å². The SMILES string of the molecule is C=C(C)CCC1CC(C(C)C)CCC1CNC(C)(C)C. The van der Waals surface area contributed by atoms with E-state index in [1.807, 2.05) is 0 Å². The molecule has 0 radical (unpaired) electrons. The van der Waals surface area contributed by atoms with Gasteiger partial charge >= 0.3 is 0 Å².